The van der Waals surface area contributed by atoms with Crippen molar-refractivity contribution in [1.29, 1.82) is 0 Å². The Morgan fingerprint density at radius 3 is 2.05 bits per heavy atom. The maximum atomic E-state index is 12.1. The number of alkyl halides is 3. The molecule has 2 rings (SSSR count). The number of para-hydroxylation sites is 1. The first-order chi connectivity index (χ1) is 9.92. The molecular formula is C14H9F3O4. The minimum absolute atomic E-state index is 0.127. The van der Waals surface area contributed by atoms with Gasteiger partial charge in [-0.2, -0.15) is 0 Å². The van der Waals surface area contributed by atoms with Crippen LogP contribution in [0.1, 0.15) is 0 Å². The number of hydrogen-bond acceptors (Lipinski definition) is 4. The van der Waals surface area contributed by atoms with Gasteiger partial charge in [-0.1, -0.05) is 24.3 Å². The molecule has 4 nitrogen and oxygen atoms in total. The van der Waals surface area contributed by atoms with Crippen LogP contribution in [0.5, 0.6) is 17.2 Å². The Morgan fingerprint density at radius 2 is 1.38 bits per heavy atom. The molecule has 21 heavy (non-hydrogen) atoms. The van der Waals surface area contributed by atoms with Gasteiger partial charge in [0.05, 0.1) is 0 Å². The van der Waals surface area contributed by atoms with Crippen molar-refractivity contribution in [3.63, 3.8) is 0 Å². The fourth-order valence-corrected chi connectivity index (χ4v) is 1.44. The van der Waals surface area contributed by atoms with Gasteiger partial charge in [0.15, 0.2) is 0 Å². The zero-order chi connectivity index (χ0) is 15.3. The lowest BCUT2D eigenvalue weighted by Gasteiger charge is -2.10. The van der Waals surface area contributed by atoms with E-state index >= 15 is 0 Å². The van der Waals surface area contributed by atoms with Crippen LogP contribution in [0.15, 0.2) is 54.6 Å². The zero-order valence-electron chi connectivity index (χ0n) is 10.5. The first-order valence-electron chi connectivity index (χ1n) is 5.73. The molecule has 0 atom stereocenters. The fourth-order valence-electron chi connectivity index (χ4n) is 1.44. The van der Waals surface area contributed by atoms with E-state index in [1.165, 1.54) is 24.3 Å². The van der Waals surface area contributed by atoms with E-state index in [1.54, 1.807) is 18.2 Å². The summed E-state index contributed by atoms with van der Waals surface area (Å²) in [7, 11) is 0. The van der Waals surface area contributed by atoms with Gasteiger partial charge in [-0.3, -0.25) is 0 Å². The average Bonchev–Trinajstić information content (AvgIpc) is 2.38. The van der Waals surface area contributed by atoms with Gasteiger partial charge in [-0.15, -0.1) is 13.2 Å². The molecule has 0 aliphatic rings. The van der Waals surface area contributed by atoms with Gasteiger partial charge in [-0.05, 0) is 24.3 Å². The van der Waals surface area contributed by atoms with E-state index in [9.17, 15) is 18.0 Å². The predicted octanol–water partition coefficient (Wildman–Crippen LogP) is 4.16. The van der Waals surface area contributed by atoms with Gasteiger partial charge in [0.2, 0.25) is 0 Å². The van der Waals surface area contributed by atoms with Crippen LogP contribution in [0.4, 0.5) is 18.0 Å². The highest BCUT2D eigenvalue weighted by Crippen LogP contribution is 2.26. The summed E-state index contributed by atoms with van der Waals surface area (Å²) >= 11 is 0. The van der Waals surface area contributed by atoms with Crippen LogP contribution >= 0.6 is 0 Å². The van der Waals surface area contributed by atoms with Gasteiger partial charge < -0.3 is 14.2 Å². The van der Waals surface area contributed by atoms with E-state index < -0.39 is 18.3 Å². The Labute approximate surface area is 117 Å². The van der Waals surface area contributed by atoms with Crippen LogP contribution in [-0.4, -0.2) is 12.5 Å². The lowest BCUT2D eigenvalue weighted by atomic mass is 10.3. The lowest BCUT2D eigenvalue weighted by molar-refractivity contribution is -0.274. The molecule has 0 saturated heterocycles. The molecule has 0 aliphatic carbocycles. The number of ether oxygens (including phenoxy) is 3. The summed E-state index contributed by atoms with van der Waals surface area (Å²) < 4.78 is 49.5. The van der Waals surface area contributed by atoms with Crippen LogP contribution < -0.4 is 14.2 Å². The fraction of sp³-hybridized carbons (Fsp3) is 0.0714. The number of benzene rings is 2. The lowest BCUT2D eigenvalue weighted by Crippen LogP contribution is -2.17. The highest BCUT2D eigenvalue weighted by atomic mass is 19.4. The maximum absolute atomic E-state index is 12.1. The molecular weight excluding hydrogens is 289 g/mol. The molecule has 2 aromatic carbocycles. The Morgan fingerprint density at radius 1 is 0.810 bits per heavy atom. The quantitative estimate of drug-likeness (QED) is 0.630. The summed E-state index contributed by atoms with van der Waals surface area (Å²) in [6.45, 7) is 0. The minimum Gasteiger partial charge on any atom is -0.406 e. The van der Waals surface area contributed by atoms with E-state index in [0.717, 1.165) is 12.1 Å². The summed E-state index contributed by atoms with van der Waals surface area (Å²) in [6.07, 6.45) is -5.88. The van der Waals surface area contributed by atoms with E-state index in [-0.39, 0.29) is 11.5 Å². The number of rotatable bonds is 3. The Kier molecular flexibility index (Phi) is 4.32. The van der Waals surface area contributed by atoms with Gasteiger partial charge in [0.1, 0.15) is 17.2 Å². The number of hydrogen-bond donors (Lipinski definition) is 0. The van der Waals surface area contributed by atoms with Crippen molar-refractivity contribution >= 4 is 6.16 Å². The van der Waals surface area contributed by atoms with Crippen LogP contribution in [0, 0.1) is 0 Å². The Bertz CT molecular complexity index is 611. The van der Waals surface area contributed by atoms with Crippen LogP contribution in [-0.2, 0) is 0 Å². The maximum Gasteiger partial charge on any atom is 0.573 e. The SMILES string of the molecule is O=C(Oc1ccccc1)Oc1cccc(OC(F)(F)F)c1. The summed E-state index contributed by atoms with van der Waals surface area (Å²) in [5, 5.41) is 0. The molecule has 0 fully saturated rings. The largest absolute Gasteiger partial charge is 0.573 e. The topological polar surface area (TPSA) is 44.8 Å². The number of halogens is 3. The Hall–Kier alpha value is -2.70. The highest BCUT2D eigenvalue weighted by molar-refractivity contribution is 5.67. The minimum atomic E-state index is -4.82. The summed E-state index contributed by atoms with van der Waals surface area (Å²) in [6, 6.07) is 12.7. The molecule has 7 heteroatoms. The Balaban J connectivity index is 1.99. The van der Waals surface area contributed by atoms with Crippen molar-refractivity contribution in [1.82, 2.24) is 0 Å². The predicted molar refractivity (Wildman–Crippen MR) is 66.2 cm³/mol. The van der Waals surface area contributed by atoms with Crippen LogP contribution in [0.25, 0.3) is 0 Å². The first kappa shape index (κ1) is 14.7. The molecule has 0 radical (unpaired) electrons. The highest BCUT2D eigenvalue weighted by Gasteiger charge is 2.31. The summed E-state index contributed by atoms with van der Waals surface area (Å²) in [5.41, 5.74) is 0. The van der Waals surface area contributed by atoms with E-state index in [1.807, 2.05) is 0 Å². The molecule has 2 aromatic rings. The molecule has 110 valence electrons. The van der Waals surface area contributed by atoms with Gasteiger partial charge in [0, 0.05) is 6.07 Å². The van der Waals surface area contributed by atoms with E-state index in [0.29, 0.717) is 0 Å². The van der Waals surface area contributed by atoms with Crippen molar-refractivity contribution < 1.29 is 32.2 Å². The second-order valence-corrected chi connectivity index (χ2v) is 3.79. The van der Waals surface area contributed by atoms with Gasteiger partial charge in [0.25, 0.3) is 0 Å². The van der Waals surface area contributed by atoms with Crippen LogP contribution in [0.3, 0.4) is 0 Å². The number of carbonyl (C=O) groups is 1. The summed E-state index contributed by atoms with van der Waals surface area (Å²) in [4.78, 5) is 11.5. The van der Waals surface area contributed by atoms with Crippen LogP contribution in [0.2, 0.25) is 0 Å². The van der Waals surface area contributed by atoms with Gasteiger partial charge >= 0.3 is 12.5 Å². The molecule has 0 N–H and O–H groups in total. The average molecular weight is 298 g/mol. The molecule has 0 aromatic heterocycles. The molecule has 0 saturated carbocycles. The normalized spacial score (nSPS) is 10.8. The second kappa shape index (κ2) is 6.17. The molecule has 0 amide bonds. The number of carbonyl (C=O) groups excluding carboxylic acids is 1. The zero-order valence-corrected chi connectivity index (χ0v) is 10.5. The third kappa shape index (κ3) is 5.06. The van der Waals surface area contributed by atoms with E-state index in [2.05, 4.69) is 4.74 Å². The van der Waals surface area contributed by atoms with Crippen molar-refractivity contribution in [3.05, 3.63) is 54.6 Å². The third-order valence-electron chi connectivity index (χ3n) is 2.18. The van der Waals surface area contributed by atoms with Crippen molar-refractivity contribution in [3.8, 4) is 17.2 Å². The van der Waals surface area contributed by atoms with Gasteiger partial charge in [-0.25, -0.2) is 4.79 Å². The van der Waals surface area contributed by atoms with Crippen molar-refractivity contribution in [2.75, 3.05) is 0 Å². The van der Waals surface area contributed by atoms with Crippen molar-refractivity contribution in [2.24, 2.45) is 0 Å². The first-order valence-corrected chi connectivity index (χ1v) is 5.73. The standard InChI is InChI=1S/C14H9F3O4/c15-14(16,17)21-12-8-4-7-11(9-12)20-13(18)19-10-5-2-1-3-6-10/h1-9H. The third-order valence-corrected chi connectivity index (χ3v) is 2.18. The molecule has 0 unspecified atom stereocenters. The monoisotopic (exact) mass is 298 g/mol. The molecule has 0 aliphatic heterocycles. The summed E-state index contributed by atoms with van der Waals surface area (Å²) in [5.74, 6) is -0.365. The second-order valence-electron chi connectivity index (χ2n) is 3.79. The molecule has 0 spiro atoms. The molecule has 0 bridgehead atoms. The smallest absolute Gasteiger partial charge is 0.406 e. The molecule has 0 heterocycles. The van der Waals surface area contributed by atoms with Crippen molar-refractivity contribution in [2.45, 2.75) is 6.36 Å². The van der Waals surface area contributed by atoms with E-state index in [4.69, 9.17) is 9.47 Å².